The fourth-order valence-electron chi connectivity index (χ4n) is 3.50. The van der Waals surface area contributed by atoms with Crippen molar-refractivity contribution >= 4 is 23.2 Å². The number of likely N-dealkylation sites (N-methyl/N-ethyl adjacent to an activating group) is 1. The van der Waals surface area contributed by atoms with Crippen LogP contribution in [0.15, 0.2) is 35.2 Å². The first-order chi connectivity index (χ1) is 13.7. The lowest BCUT2D eigenvalue weighted by Gasteiger charge is -2.33. The van der Waals surface area contributed by atoms with Gasteiger partial charge in [-0.25, -0.2) is 9.78 Å². The van der Waals surface area contributed by atoms with E-state index in [0.717, 1.165) is 31.4 Å². The van der Waals surface area contributed by atoms with Crippen LogP contribution in [0.4, 0.5) is 0 Å². The molecule has 1 aliphatic rings. The normalized spacial score (nSPS) is 14.5. The van der Waals surface area contributed by atoms with Gasteiger partial charge in [-0.1, -0.05) is 25.3 Å². The summed E-state index contributed by atoms with van der Waals surface area (Å²) >= 11 is 1.51. The van der Waals surface area contributed by atoms with Crippen LogP contribution in [0.5, 0.6) is 5.75 Å². The Bertz CT molecular complexity index is 772. The second kappa shape index (κ2) is 10.2. The molecule has 0 radical (unpaired) electrons. The van der Waals surface area contributed by atoms with Crippen molar-refractivity contribution in [3.8, 4) is 5.75 Å². The summed E-state index contributed by atoms with van der Waals surface area (Å²) in [7, 11) is 0. The van der Waals surface area contributed by atoms with Crippen LogP contribution in [0.25, 0.3) is 0 Å². The third-order valence-corrected chi connectivity index (χ3v) is 5.58. The highest BCUT2D eigenvalue weighted by molar-refractivity contribution is 7.07. The predicted molar refractivity (Wildman–Crippen MR) is 107 cm³/mol. The Balaban J connectivity index is 1.52. The van der Waals surface area contributed by atoms with Gasteiger partial charge in [0, 0.05) is 18.0 Å². The van der Waals surface area contributed by atoms with Gasteiger partial charge in [0.2, 0.25) is 0 Å². The maximum atomic E-state index is 12.5. The second-order valence-electron chi connectivity index (χ2n) is 6.84. The van der Waals surface area contributed by atoms with Gasteiger partial charge < -0.3 is 14.4 Å². The molecule has 0 unspecified atom stereocenters. The van der Waals surface area contributed by atoms with Crippen molar-refractivity contribution < 1.29 is 19.1 Å². The van der Waals surface area contributed by atoms with Crippen LogP contribution < -0.4 is 4.74 Å². The van der Waals surface area contributed by atoms with Crippen molar-refractivity contribution in [1.29, 1.82) is 0 Å². The number of nitrogens with zero attached hydrogens (tertiary/aromatic N) is 2. The minimum absolute atomic E-state index is 0.126. The highest BCUT2D eigenvalue weighted by Gasteiger charge is 2.25. The number of ether oxygens (including phenoxy) is 2. The summed E-state index contributed by atoms with van der Waals surface area (Å²) in [6, 6.07) is 7.05. The molecule has 1 aromatic carbocycles. The van der Waals surface area contributed by atoms with E-state index >= 15 is 0 Å². The van der Waals surface area contributed by atoms with Crippen LogP contribution in [0.2, 0.25) is 0 Å². The molecule has 0 spiro atoms. The predicted octanol–water partition coefficient (Wildman–Crippen LogP) is 4.06. The topological polar surface area (TPSA) is 68.7 Å². The van der Waals surface area contributed by atoms with Gasteiger partial charge in [-0.3, -0.25) is 4.79 Å². The van der Waals surface area contributed by atoms with Crippen molar-refractivity contribution in [3.05, 3.63) is 46.4 Å². The zero-order chi connectivity index (χ0) is 19.8. The Hall–Kier alpha value is -2.41. The van der Waals surface area contributed by atoms with Gasteiger partial charge in [-0.15, -0.1) is 11.3 Å². The SMILES string of the molecule is CCN(C(=O)COC(=O)c1cccc(OCc2cscn2)c1)C1CCCCC1. The van der Waals surface area contributed by atoms with Gasteiger partial charge in [-0.2, -0.15) is 0 Å². The molecule has 0 atom stereocenters. The molecule has 1 saturated carbocycles. The van der Waals surface area contributed by atoms with Crippen molar-refractivity contribution in [2.24, 2.45) is 0 Å². The Morgan fingerprint density at radius 3 is 2.79 bits per heavy atom. The molecule has 1 heterocycles. The highest BCUT2D eigenvalue weighted by atomic mass is 32.1. The minimum Gasteiger partial charge on any atom is -0.487 e. The van der Waals surface area contributed by atoms with E-state index in [2.05, 4.69) is 4.98 Å². The van der Waals surface area contributed by atoms with Crippen LogP contribution in [-0.2, 0) is 16.1 Å². The van der Waals surface area contributed by atoms with E-state index < -0.39 is 5.97 Å². The lowest BCUT2D eigenvalue weighted by molar-refractivity contribution is -0.137. The number of benzene rings is 1. The van der Waals surface area contributed by atoms with Gasteiger partial charge in [0.05, 0.1) is 16.8 Å². The molecule has 2 aromatic rings. The number of carbonyl (C=O) groups is 2. The summed E-state index contributed by atoms with van der Waals surface area (Å²) in [6.45, 7) is 2.72. The molecule has 1 fully saturated rings. The smallest absolute Gasteiger partial charge is 0.338 e. The van der Waals surface area contributed by atoms with Crippen LogP contribution in [0, 0.1) is 0 Å². The maximum absolute atomic E-state index is 12.5. The first-order valence-corrected chi connectivity index (χ1v) is 10.7. The zero-order valence-electron chi connectivity index (χ0n) is 16.1. The molecule has 0 saturated heterocycles. The lowest BCUT2D eigenvalue weighted by Crippen LogP contribution is -2.43. The first kappa shape index (κ1) is 20.3. The molecule has 0 bridgehead atoms. The number of esters is 1. The minimum atomic E-state index is -0.521. The number of hydrogen-bond donors (Lipinski definition) is 0. The third kappa shape index (κ3) is 5.55. The molecule has 0 aliphatic heterocycles. The van der Waals surface area contributed by atoms with Crippen molar-refractivity contribution in [3.63, 3.8) is 0 Å². The Kier molecular flexibility index (Phi) is 7.42. The molecule has 7 heteroatoms. The molecule has 1 amide bonds. The zero-order valence-corrected chi connectivity index (χ0v) is 17.0. The maximum Gasteiger partial charge on any atom is 0.338 e. The van der Waals surface area contributed by atoms with Crippen LogP contribution in [-0.4, -0.2) is 41.0 Å². The van der Waals surface area contributed by atoms with Gasteiger partial charge >= 0.3 is 5.97 Å². The van der Waals surface area contributed by atoms with Gasteiger partial charge in [0.15, 0.2) is 6.61 Å². The Morgan fingerprint density at radius 1 is 1.25 bits per heavy atom. The molecule has 0 N–H and O–H groups in total. The summed E-state index contributed by atoms with van der Waals surface area (Å²) in [4.78, 5) is 30.9. The van der Waals surface area contributed by atoms with E-state index in [9.17, 15) is 9.59 Å². The fraction of sp³-hybridized carbons (Fsp3) is 0.476. The van der Waals surface area contributed by atoms with Crippen molar-refractivity contribution in [2.45, 2.75) is 51.7 Å². The van der Waals surface area contributed by atoms with E-state index in [1.54, 1.807) is 29.8 Å². The van der Waals surface area contributed by atoms with E-state index in [0.29, 0.717) is 24.5 Å². The number of carbonyl (C=O) groups excluding carboxylic acids is 2. The van der Waals surface area contributed by atoms with Crippen LogP contribution in [0.1, 0.15) is 55.1 Å². The highest BCUT2D eigenvalue weighted by Crippen LogP contribution is 2.23. The number of thiazole rings is 1. The molecular formula is C21H26N2O4S. The summed E-state index contributed by atoms with van der Waals surface area (Å²) in [6.07, 6.45) is 5.61. The Morgan fingerprint density at radius 2 is 2.07 bits per heavy atom. The summed E-state index contributed by atoms with van der Waals surface area (Å²) in [5.74, 6) is -0.0861. The van der Waals surface area contributed by atoms with E-state index in [1.165, 1.54) is 17.8 Å². The van der Waals surface area contributed by atoms with Crippen LogP contribution in [0.3, 0.4) is 0 Å². The molecule has 1 aliphatic carbocycles. The van der Waals surface area contributed by atoms with Crippen LogP contribution >= 0.6 is 11.3 Å². The lowest BCUT2D eigenvalue weighted by atomic mass is 9.94. The first-order valence-electron chi connectivity index (χ1n) is 9.74. The number of amides is 1. The average molecular weight is 403 g/mol. The average Bonchev–Trinajstić information content (AvgIpc) is 3.26. The number of aromatic nitrogens is 1. The van der Waals surface area contributed by atoms with Crippen molar-refractivity contribution in [1.82, 2.24) is 9.88 Å². The standard InChI is InChI=1S/C21H26N2O4S/c1-2-23(18-8-4-3-5-9-18)20(24)13-27-21(25)16-7-6-10-19(11-16)26-12-17-14-28-15-22-17/h6-7,10-11,14-15,18H,2-5,8-9,12-13H2,1H3. The molecular weight excluding hydrogens is 376 g/mol. The van der Waals surface area contributed by atoms with E-state index in [4.69, 9.17) is 9.47 Å². The van der Waals surface area contributed by atoms with E-state index in [1.807, 2.05) is 17.2 Å². The Labute approximate surface area is 169 Å². The van der Waals surface area contributed by atoms with Gasteiger partial charge in [0.1, 0.15) is 12.4 Å². The van der Waals surface area contributed by atoms with Crippen molar-refractivity contribution in [2.75, 3.05) is 13.2 Å². The molecule has 6 nitrogen and oxygen atoms in total. The van der Waals surface area contributed by atoms with Gasteiger partial charge in [-0.05, 0) is 38.0 Å². The summed E-state index contributed by atoms with van der Waals surface area (Å²) in [5, 5.41) is 1.91. The molecule has 1 aromatic heterocycles. The third-order valence-electron chi connectivity index (χ3n) is 4.94. The molecule has 150 valence electrons. The quantitative estimate of drug-likeness (QED) is 0.623. The van der Waals surface area contributed by atoms with E-state index in [-0.39, 0.29) is 18.6 Å². The summed E-state index contributed by atoms with van der Waals surface area (Å²) < 4.78 is 10.9. The largest absolute Gasteiger partial charge is 0.487 e. The summed E-state index contributed by atoms with van der Waals surface area (Å²) in [5.41, 5.74) is 2.95. The fourth-order valence-corrected chi connectivity index (χ4v) is 4.05. The monoisotopic (exact) mass is 402 g/mol. The molecule has 3 rings (SSSR count). The van der Waals surface area contributed by atoms with Gasteiger partial charge in [0.25, 0.3) is 5.91 Å². The molecule has 28 heavy (non-hydrogen) atoms. The number of rotatable bonds is 8. The second-order valence-corrected chi connectivity index (χ2v) is 7.56. The number of hydrogen-bond acceptors (Lipinski definition) is 6.